The molecular weight excluding hydrogens is 421 g/mol. The molecule has 32 heavy (non-hydrogen) atoms. The summed E-state index contributed by atoms with van der Waals surface area (Å²) >= 11 is 0. The first kappa shape index (κ1) is 23.1. The molecule has 0 saturated carbocycles. The van der Waals surface area contributed by atoms with Gasteiger partial charge in [-0.1, -0.05) is 19.8 Å². The Kier molecular flexibility index (Phi) is 6.69. The van der Waals surface area contributed by atoms with Gasteiger partial charge in [0.25, 0.3) is 0 Å². The first-order valence-electron chi connectivity index (χ1n) is 9.98. The van der Waals surface area contributed by atoms with Crippen molar-refractivity contribution in [1.82, 2.24) is 19.3 Å². The molecule has 3 heterocycles. The molecule has 0 aromatic carbocycles. The van der Waals surface area contributed by atoms with E-state index in [1.54, 1.807) is 22.7 Å². The minimum absolute atomic E-state index is 0.241. The van der Waals surface area contributed by atoms with Crippen LogP contribution in [0.25, 0.3) is 16.8 Å². The number of hydrogen-bond acceptors (Lipinski definition) is 5. The van der Waals surface area contributed by atoms with E-state index in [0.29, 0.717) is 23.4 Å². The highest BCUT2D eigenvalue weighted by Crippen LogP contribution is 2.35. The summed E-state index contributed by atoms with van der Waals surface area (Å²) in [5, 5.41) is 2.66. The van der Waals surface area contributed by atoms with Crippen LogP contribution in [0.2, 0.25) is 0 Å². The molecule has 0 fully saturated rings. The van der Waals surface area contributed by atoms with Crippen molar-refractivity contribution in [3.8, 4) is 23.0 Å². The summed E-state index contributed by atoms with van der Waals surface area (Å²) in [4.78, 5) is 21.8. The average molecular weight is 444 g/mol. The summed E-state index contributed by atoms with van der Waals surface area (Å²) in [6.45, 7) is 7.63. The minimum Gasteiger partial charge on any atom is -0.383 e. The maximum atomic E-state index is 13.3. The highest BCUT2D eigenvalue weighted by molar-refractivity contribution is 5.89. The number of imidazole rings is 1. The third kappa shape index (κ3) is 5.00. The van der Waals surface area contributed by atoms with E-state index >= 15 is 0 Å². The Morgan fingerprint density at radius 2 is 1.97 bits per heavy atom. The predicted octanol–water partition coefficient (Wildman–Crippen LogP) is 3.65. The number of alkyl halides is 3. The standard InChI is InChI=1S/C22H23F3N6O/c1-4-30(5-2)10-6-7-18-21(28-14(3)32)29-19-9-8-15(13-31(18)19)16-11-17(22(23,24)25)20(26)27-12-16/h8-9,11-13H,4-5,10H2,1-3H3,(H2,26,27)(H,28,32). The smallest absolute Gasteiger partial charge is 0.383 e. The van der Waals surface area contributed by atoms with E-state index in [4.69, 9.17) is 5.73 Å². The van der Waals surface area contributed by atoms with Crippen molar-refractivity contribution < 1.29 is 18.0 Å². The summed E-state index contributed by atoms with van der Waals surface area (Å²) < 4.78 is 41.4. The molecule has 0 unspecified atom stereocenters. The van der Waals surface area contributed by atoms with Crippen LogP contribution in [0.1, 0.15) is 32.0 Å². The van der Waals surface area contributed by atoms with Crippen molar-refractivity contribution >= 4 is 23.2 Å². The zero-order chi connectivity index (χ0) is 23.5. The van der Waals surface area contributed by atoms with Gasteiger partial charge in [-0.3, -0.25) is 14.1 Å². The van der Waals surface area contributed by atoms with Crippen LogP contribution in [-0.4, -0.2) is 44.8 Å². The molecule has 1 amide bonds. The van der Waals surface area contributed by atoms with Gasteiger partial charge in [0.1, 0.15) is 17.2 Å². The monoisotopic (exact) mass is 444 g/mol. The predicted molar refractivity (Wildman–Crippen MR) is 117 cm³/mol. The fourth-order valence-corrected chi connectivity index (χ4v) is 3.13. The molecule has 0 aliphatic heterocycles. The highest BCUT2D eigenvalue weighted by atomic mass is 19.4. The molecule has 3 aromatic heterocycles. The van der Waals surface area contributed by atoms with E-state index in [0.717, 1.165) is 19.2 Å². The maximum absolute atomic E-state index is 13.3. The van der Waals surface area contributed by atoms with Crippen LogP contribution >= 0.6 is 0 Å². The number of halogens is 3. The lowest BCUT2D eigenvalue weighted by molar-refractivity contribution is -0.137. The molecule has 0 aliphatic rings. The Hall–Kier alpha value is -3.58. The number of anilines is 2. The van der Waals surface area contributed by atoms with Gasteiger partial charge in [-0.05, 0) is 37.2 Å². The fraction of sp³-hybridized carbons (Fsp3) is 0.318. The average Bonchev–Trinajstić information content (AvgIpc) is 3.06. The third-order valence-electron chi connectivity index (χ3n) is 4.87. The summed E-state index contributed by atoms with van der Waals surface area (Å²) in [5.74, 6) is 5.52. The van der Waals surface area contributed by atoms with Crippen LogP contribution in [0.4, 0.5) is 24.8 Å². The lowest BCUT2D eigenvalue weighted by Gasteiger charge is -2.13. The number of nitrogen functional groups attached to an aromatic ring is 1. The van der Waals surface area contributed by atoms with E-state index in [-0.39, 0.29) is 17.3 Å². The molecule has 3 N–H and O–H groups in total. The van der Waals surface area contributed by atoms with E-state index in [9.17, 15) is 18.0 Å². The summed E-state index contributed by atoms with van der Waals surface area (Å²) in [6.07, 6.45) is -1.72. The van der Waals surface area contributed by atoms with Crippen LogP contribution in [0.5, 0.6) is 0 Å². The molecule has 3 aromatic rings. The van der Waals surface area contributed by atoms with Gasteiger partial charge in [-0.15, -0.1) is 0 Å². The van der Waals surface area contributed by atoms with Gasteiger partial charge in [0, 0.05) is 30.4 Å². The number of pyridine rings is 2. The molecule has 10 heteroatoms. The van der Waals surface area contributed by atoms with E-state index in [2.05, 4.69) is 32.0 Å². The lowest BCUT2D eigenvalue weighted by Crippen LogP contribution is -2.22. The Morgan fingerprint density at radius 1 is 1.25 bits per heavy atom. The zero-order valence-corrected chi connectivity index (χ0v) is 17.9. The number of carbonyl (C=O) groups excluding carboxylic acids is 1. The van der Waals surface area contributed by atoms with Crippen LogP contribution in [-0.2, 0) is 11.0 Å². The number of nitrogens with zero attached hydrogens (tertiary/aromatic N) is 4. The first-order valence-corrected chi connectivity index (χ1v) is 9.98. The number of rotatable bonds is 5. The molecule has 0 spiro atoms. The molecule has 0 bridgehead atoms. The number of amides is 1. The quantitative estimate of drug-likeness (QED) is 0.587. The van der Waals surface area contributed by atoms with Gasteiger partial charge in [0.2, 0.25) is 5.91 Å². The Bertz CT molecular complexity index is 1200. The number of nitrogens with one attached hydrogen (secondary N) is 1. The Labute approximate surface area is 183 Å². The van der Waals surface area contributed by atoms with Gasteiger partial charge in [-0.2, -0.15) is 13.2 Å². The molecule has 7 nitrogen and oxygen atoms in total. The van der Waals surface area contributed by atoms with E-state index < -0.39 is 17.6 Å². The van der Waals surface area contributed by atoms with Crippen molar-refractivity contribution in [3.63, 3.8) is 0 Å². The second kappa shape index (κ2) is 9.28. The van der Waals surface area contributed by atoms with E-state index in [1.165, 1.54) is 13.1 Å². The van der Waals surface area contributed by atoms with Crippen molar-refractivity contribution in [3.05, 3.63) is 41.9 Å². The maximum Gasteiger partial charge on any atom is 0.419 e. The van der Waals surface area contributed by atoms with Gasteiger partial charge >= 0.3 is 6.18 Å². The van der Waals surface area contributed by atoms with Crippen molar-refractivity contribution in [2.75, 3.05) is 30.7 Å². The number of nitrogens with two attached hydrogens (primary N) is 1. The molecule has 0 atom stereocenters. The SMILES string of the molecule is CCN(CC)CC#Cc1c(NC(C)=O)nc2ccc(-c3cnc(N)c(C(F)(F)F)c3)cn12. The van der Waals surface area contributed by atoms with E-state index in [1.807, 2.05) is 13.8 Å². The number of hydrogen-bond donors (Lipinski definition) is 2. The normalized spacial score (nSPS) is 11.5. The molecular formula is C22H23F3N6O. The topological polar surface area (TPSA) is 88.5 Å². The molecule has 0 aliphatic carbocycles. The van der Waals surface area contributed by atoms with Crippen molar-refractivity contribution in [1.29, 1.82) is 0 Å². The number of carbonyl (C=O) groups is 1. The second-order valence-corrected chi connectivity index (χ2v) is 7.05. The molecule has 0 radical (unpaired) electrons. The van der Waals surface area contributed by atoms with Crippen molar-refractivity contribution in [2.24, 2.45) is 0 Å². The third-order valence-corrected chi connectivity index (χ3v) is 4.87. The van der Waals surface area contributed by atoms with Crippen LogP contribution in [0, 0.1) is 11.8 Å². The highest BCUT2D eigenvalue weighted by Gasteiger charge is 2.34. The number of fused-ring (bicyclic) bond motifs is 1. The fourth-order valence-electron chi connectivity index (χ4n) is 3.13. The Balaban J connectivity index is 2.11. The van der Waals surface area contributed by atoms with Gasteiger partial charge in [0.05, 0.1) is 12.1 Å². The van der Waals surface area contributed by atoms with Gasteiger partial charge in [-0.25, -0.2) is 9.97 Å². The van der Waals surface area contributed by atoms with Crippen LogP contribution in [0.3, 0.4) is 0 Å². The lowest BCUT2D eigenvalue weighted by atomic mass is 10.1. The molecule has 3 rings (SSSR count). The van der Waals surface area contributed by atoms with Crippen LogP contribution in [0.15, 0.2) is 30.6 Å². The second-order valence-electron chi connectivity index (χ2n) is 7.05. The Morgan fingerprint density at radius 3 is 2.59 bits per heavy atom. The summed E-state index contributed by atoms with van der Waals surface area (Å²) in [7, 11) is 0. The van der Waals surface area contributed by atoms with Gasteiger partial charge < -0.3 is 11.1 Å². The summed E-state index contributed by atoms with van der Waals surface area (Å²) in [5.41, 5.74) is 6.04. The minimum atomic E-state index is -4.62. The largest absolute Gasteiger partial charge is 0.419 e. The summed E-state index contributed by atoms with van der Waals surface area (Å²) in [6, 6.07) is 4.22. The van der Waals surface area contributed by atoms with Crippen molar-refractivity contribution in [2.45, 2.75) is 26.9 Å². The van der Waals surface area contributed by atoms with Gasteiger partial charge in [0.15, 0.2) is 5.82 Å². The molecule has 168 valence electrons. The first-order chi connectivity index (χ1) is 15.1. The van der Waals surface area contributed by atoms with Crippen LogP contribution < -0.4 is 11.1 Å². The number of aromatic nitrogens is 3. The molecule has 0 saturated heterocycles. The zero-order valence-electron chi connectivity index (χ0n) is 17.9.